The molecule has 88 valence electrons. The molecule has 3 unspecified atom stereocenters. The maximum absolute atomic E-state index is 11.6. The monoisotopic (exact) mass is 222 g/mol. The fraction of sp³-hybridized carbons (Fsp3) is 0.692. The van der Waals surface area contributed by atoms with Crippen molar-refractivity contribution >= 4 is 11.8 Å². The third kappa shape index (κ3) is 1.79. The van der Waals surface area contributed by atoms with Crippen molar-refractivity contribution in [3.63, 3.8) is 0 Å². The molecule has 3 rings (SSSR count). The molecule has 0 aromatic heterocycles. The molecule has 2 bridgehead atoms. The smallest absolute Gasteiger partial charge is 0.303 e. The van der Waals surface area contributed by atoms with Crippen LogP contribution in [0.3, 0.4) is 0 Å². The van der Waals surface area contributed by atoms with E-state index in [1.165, 1.54) is 12.5 Å². The molecule has 0 heterocycles. The lowest BCUT2D eigenvalue weighted by Gasteiger charge is -2.47. The summed E-state index contributed by atoms with van der Waals surface area (Å²) in [5.41, 5.74) is 0.708. The van der Waals surface area contributed by atoms with Gasteiger partial charge in [0.2, 0.25) is 0 Å². The Labute approximate surface area is 95.9 Å². The van der Waals surface area contributed by atoms with Crippen LogP contribution in [0.5, 0.6) is 0 Å². The van der Waals surface area contributed by atoms with Gasteiger partial charge < -0.3 is 4.74 Å². The summed E-state index contributed by atoms with van der Waals surface area (Å²) >= 11 is 0. The Hall–Kier alpha value is -1.12. The van der Waals surface area contributed by atoms with E-state index in [4.69, 9.17) is 4.74 Å². The molecule has 0 N–H and O–H groups in total. The highest BCUT2D eigenvalue weighted by molar-refractivity contribution is 5.80. The van der Waals surface area contributed by atoms with Crippen molar-refractivity contribution in [1.82, 2.24) is 0 Å². The number of hydrogen-bond acceptors (Lipinski definition) is 3. The maximum Gasteiger partial charge on any atom is 0.303 e. The van der Waals surface area contributed by atoms with Crippen molar-refractivity contribution in [1.29, 1.82) is 0 Å². The molecule has 0 radical (unpaired) electrons. The van der Waals surface area contributed by atoms with E-state index in [9.17, 15) is 9.59 Å². The Morgan fingerprint density at radius 3 is 2.62 bits per heavy atom. The van der Waals surface area contributed by atoms with Crippen LogP contribution >= 0.6 is 0 Å². The molecule has 16 heavy (non-hydrogen) atoms. The predicted octanol–water partition coefficient (Wildman–Crippen LogP) is 2.25. The van der Waals surface area contributed by atoms with Gasteiger partial charge >= 0.3 is 5.97 Å². The minimum Gasteiger partial charge on any atom is -0.455 e. The van der Waals surface area contributed by atoms with E-state index >= 15 is 0 Å². The highest BCUT2D eigenvalue weighted by Crippen LogP contribution is 2.48. The quantitative estimate of drug-likeness (QED) is 0.531. The van der Waals surface area contributed by atoms with Crippen LogP contribution in [-0.4, -0.2) is 17.4 Å². The lowest BCUT2D eigenvalue weighted by Crippen LogP contribution is -2.47. The van der Waals surface area contributed by atoms with Crippen LogP contribution in [-0.2, 0) is 14.3 Å². The molecule has 0 spiro atoms. The molecule has 0 aromatic carbocycles. The highest BCUT2D eigenvalue weighted by atomic mass is 16.6. The van der Waals surface area contributed by atoms with Gasteiger partial charge in [0.05, 0.1) is 0 Å². The van der Waals surface area contributed by atoms with E-state index in [0.29, 0.717) is 12.3 Å². The summed E-state index contributed by atoms with van der Waals surface area (Å²) < 4.78 is 5.45. The first-order valence-corrected chi connectivity index (χ1v) is 5.83. The van der Waals surface area contributed by atoms with Gasteiger partial charge in [0.15, 0.2) is 0 Å². The van der Waals surface area contributed by atoms with Gasteiger partial charge in [-0.3, -0.25) is 9.59 Å². The number of rotatable bonds is 2. The second kappa shape index (κ2) is 3.72. The van der Waals surface area contributed by atoms with Gasteiger partial charge in [-0.25, -0.2) is 0 Å². The van der Waals surface area contributed by atoms with E-state index in [1.54, 1.807) is 6.92 Å². The SMILES string of the molecule is CC(=O)OC12C=C(C)C(CC1)C(C(C)=O)C2. The summed E-state index contributed by atoms with van der Waals surface area (Å²) in [6.45, 7) is 5.11. The Morgan fingerprint density at radius 1 is 1.44 bits per heavy atom. The fourth-order valence-electron chi connectivity index (χ4n) is 3.25. The summed E-state index contributed by atoms with van der Waals surface area (Å²) in [6.07, 6.45) is 4.55. The van der Waals surface area contributed by atoms with Gasteiger partial charge in [-0.1, -0.05) is 5.57 Å². The summed E-state index contributed by atoms with van der Waals surface area (Å²) in [7, 11) is 0. The molecule has 3 nitrogen and oxygen atoms in total. The lowest BCUT2D eigenvalue weighted by atomic mass is 9.62. The molecule has 1 saturated carbocycles. The predicted molar refractivity (Wildman–Crippen MR) is 59.8 cm³/mol. The molecule has 0 saturated heterocycles. The molecular weight excluding hydrogens is 204 g/mol. The van der Waals surface area contributed by atoms with Crippen LogP contribution in [0, 0.1) is 11.8 Å². The van der Waals surface area contributed by atoms with Crippen molar-refractivity contribution < 1.29 is 14.3 Å². The Balaban J connectivity index is 2.31. The average Bonchev–Trinajstić information content (AvgIpc) is 2.15. The second-order valence-corrected chi connectivity index (χ2v) is 5.11. The van der Waals surface area contributed by atoms with Crippen LogP contribution in [0.4, 0.5) is 0 Å². The third-order valence-corrected chi connectivity index (χ3v) is 3.87. The van der Waals surface area contributed by atoms with E-state index in [2.05, 4.69) is 6.08 Å². The number of ether oxygens (including phenoxy) is 1. The second-order valence-electron chi connectivity index (χ2n) is 5.11. The number of esters is 1. The highest BCUT2D eigenvalue weighted by Gasteiger charge is 2.48. The number of hydrogen-bond donors (Lipinski definition) is 0. The van der Waals surface area contributed by atoms with Crippen molar-refractivity contribution in [2.24, 2.45) is 11.8 Å². The Bertz CT molecular complexity index is 369. The van der Waals surface area contributed by atoms with Gasteiger partial charge in [0.25, 0.3) is 0 Å². The summed E-state index contributed by atoms with van der Waals surface area (Å²) in [4.78, 5) is 22.7. The van der Waals surface area contributed by atoms with Gasteiger partial charge in [0.1, 0.15) is 11.4 Å². The standard InChI is InChI=1S/C13H18O3/c1-8-6-13(16-10(3)15)5-4-11(8)12(7-13)9(2)14/h6,11-12H,4-5,7H2,1-3H3. The van der Waals surface area contributed by atoms with Gasteiger partial charge in [0, 0.05) is 19.3 Å². The molecule has 3 atom stereocenters. The van der Waals surface area contributed by atoms with E-state index in [0.717, 1.165) is 12.8 Å². The number of ketones is 1. The van der Waals surface area contributed by atoms with Crippen molar-refractivity contribution in [3.05, 3.63) is 11.6 Å². The van der Waals surface area contributed by atoms with Gasteiger partial charge in [-0.15, -0.1) is 0 Å². The van der Waals surface area contributed by atoms with Crippen LogP contribution in [0.25, 0.3) is 0 Å². The topological polar surface area (TPSA) is 43.4 Å². The molecule has 0 amide bonds. The number of allylic oxidation sites excluding steroid dienone is 1. The van der Waals surface area contributed by atoms with Crippen molar-refractivity contribution in [2.45, 2.75) is 45.6 Å². The first-order chi connectivity index (χ1) is 7.43. The molecule has 0 aromatic rings. The lowest BCUT2D eigenvalue weighted by molar-refractivity contribution is -0.160. The molecule has 3 heteroatoms. The minimum absolute atomic E-state index is 0.0399. The molecule has 3 aliphatic carbocycles. The maximum atomic E-state index is 11.6. The normalized spacial score (nSPS) is 36.8. The van der Waals surface area contributed by atoms with Crippen LogP contribution in [0.1, 0.15) is 40.0 Å². The molecule has 3 aliphatic rings. The first-order valence-electron chi connectivity index (χ1n) is 5.83. The third-order valence-electron chi connectivity index (χ3n) is 3.87. The number of carbonyl (C=O) groups is 2. The van der Waals surface area contributed by atoms with E-state index in [1.807, 2.05) is 6.92 Å². The number of fused-ring (bicyclic) bond motifs is 2. The molecular formula is C13H18O3. The van der Waals surface area contributed by atoms with Crippen LogP contribution in [0.15, 0.2) is 11.6 Å². The van der Waals surface area contributed by atoms with Gasteiger partial charge in [-0.05, 0) is 38.7 Å². The van der Waals surface area contributed by atoms with E-state index in [-0.39, 0.29) is 17.7 Å². The Morgan fingerprint density at radius 2 is 2.12 bits per heavy atom. The zero-order valence-electron chi connectivity index (χ0n) is 10.1. The fourth-order valence-corrected chi connectivity index (χ4v) is 3.25. The largest absolute Gasteiger partial charge is 0.455 e. The molecule has 0 aliphatic heterocycles. The number of carbonyl (C=O) groups excluding carboxylic acids is 2. The van der Waals surface area contributed by atoms with Crippen molar-refractivity contribution in [3.8, 4) is 0 Å². The first kappa shape index (κ1) is 11.4. The number of Topliss-reactive ketones (excluding diaryl/α,β-unsaturated/α-hetero) is 1. The zero-order valence-corrected chi connectivity index (χ0v) is 10.1. The van der Waals surface area contributed by atoms with Crippen molar-refractivity contribution in [2.75, 3.05) is 0 Å². The zero-order chi connectivity index (χ0) is 11.9. The minimum atomic E-state index is -0.499. The average molecular weight is 222 g/mol. The summed E-state index contributed by atoms with van der Waals surface area (Å²) in [6, 6.07) is 0. The Kier molecular flexibility index (Phi) is 2.64. The molecule has 1 fully saturated rings. The van der Waals surface area contributed by atoms with Gasteiger partial charge in [-0.2, -0.15) is 0 Å². The summed E-state index contributed by atoms with van der Waals surface area (Å²) in [5.74, 6) is 0.369. The van der Waals surface area contributed by atoms with Crippen LogP contribution < -0.4 is 0 Å². The van der Waals surface area contributed by atoms with Crippen LogP contribution in [0.2, 0.25) is 0 Å². The van der Waals surface area contributed by atoms with E-state index < -0.39 is 5.60 Å². The summed E-state index contributed by atoms with van der Waals surface area (Å²) in [5, 5.41) is 0.